The number of carbonyl (C=O) groups is 1. The van der Waals surface area contributed by atoms with Gasteiger partial charge >= 0.3 is 0 Å². The number of nitro groups is 1. The molecule has 134 valence electrons. The van der Waals surface area contributed by atoms with Crippen molar-refractivity contribution in [3.05, 3.63) is 45.0 Å². The van der Waals surface area contributed by atoms with Gasteiger partial charge in [-0.25, -0.2) is 4.52 Å². The second-order valence-corrected chi connectivity index (χ2v) is 6.95. The molecule has 1 N–H and O–H groups in total. The monoisotopic (exact) mass is 372 g/mol. The van der Waals surface area contributed by atoms with Crippen LogP contribution in [0.3, 0.4) is 0 Å². The van der Waals surface area contributed by atoms with E-state index in [1.807, 2.05) is 17.2 Å². The number of thiazole rings is 1. The summed E-state index contributed by atoms with van der Waals surface area (Å²) in [6, 6.07) is 4.55. The van der Waals surface area contributed by atoms with Gasteiger partial charge in [0.15, 0.2) is 0 Å². The van der Waals surface area contributed by atoms with Crippen molar-refractivity contribution in [3.8, 4) is 0 Å². The molecule has 0 unspecified atom stereocenters. The fourth-order valence-corrected chi connectivity index (χ4v) is 3.85. The summed E-state index contributed by atoms with van der Waals surface area (Å²) < 4.78 is 1.64. The van der Waals surface area contributed by atoms with Crippen LogP contribution in [0.2, 0.25) is 0 Å². The van der Waals surface area contributed by atoms with E-state index in [0.29, 0.717) is 10.6 Å². The minimum Gasteiger partial charge on any atom is -0.366 e. The molecule has 1 aliphatic rings. The van der Waals surface area contributed by atoms with Gasteiger partial charge in [0, 0.05) is 30.1 Å². The number of fused-ring (bicyclic) bond motifs is 1. The van der Waals surface area contributed by atoms with Crippen LogP contribution < -0.4 is 10.2 Å². The summed E-state index contributed by atoms with van der Waals surface area (Å²) >= 11 is 1.42. The number of nitrogens with one attached hydrogen (secondary N) is 1. The standard InChI is InChI=1S/C16H16N6O3S/c1-10-9-26-16-18-15(19-21(10)16)17-14(23)11-4-5-12(13(8-11)22(24)25)20-6-2-3-7-20/h4-5,8-9H,2-3,6-7H2,1H3,(H,17,19,23). The molecule has 0 radical (unpaired) electrons. The van der Waals surface area contributed by atoms with Gasteiger partial charge in [0.2, 0.25) is 4.96 Å². The summed E-state index contributed by atoms with van der Waals surface area (Å²) in [5, 5.41) is 20.2. The topological polar surface area (TPSA) is 106 Å². The number of nitrogens with zero attached hydrogens (tertiary/aromatic N) is 5. The highest BCUT2D eigenvalue weighted by molar-refractivity contribution is 7.15. The van der Waals surface area contributed by atoms with E-state index in [0.717, 1.165) is 31.6 Å². The molecule has 0 bridgehead atoms. The number of hydrogen-bond donors (Lipinski definition) is 1. The van der Waals surface area contributed by atoms with Crippen molar-refractivity contribution < 1.29 is 9.72 Å². The van der Waals surface area contributed by atoms with Crippen molar-refractivity contribution in [2.45, 2.75) is 19.8 Å². The van der Waals surface area contributed by atoms with E-state index in [-0.39, 0.29) is 17.2 Å². The molecule has 3 heterocycles. The molecule has 1 amide bonds. The second-order valence-electron chi connectivity index (χ2n) is 6.12. The molecule has 1 aromatic carbocycles. The van der Waals surface area contributed by atoms with Gasteiger partial charge in [-0.1, -0.05) is 0 Å². The fraction of sp³-hybridized carbons (Fsp3) is 0.312. The minimum atomic E-state index is -0.475. The van der Waals surface area contributed by atoms with Crippen molar-refractivity contribution in [3.63, 3.8) is 0 Å². The highest BCUT2D eigenvalue weighted by Gasteiger charge is 2.24. The molecule has 1 aliphatic heterocycles. The Bertz CT molecular complexity index is 1000. The molecule has 0 saturated carbocycles. The Morgan fingerprint density at radius 2 is 2.12 bits per heavy atom. The van der Waals surface area contributed by atoms with E-state index in [1.54, 1.807) is 16.6 Å². The van der Waals surface area contributed by atoms with Crippen LogP contribution in [0.5, 0.6) is 0 Å². The molecule has 0 spiro atoms. The lowest BCUT2D eigenvalue weighted by molar-refractivity contribution is -0.384. The van der Waals surface area contributed by atoms with Crippen LogP contribution in [-0.2, 0) is 0 Å². The predicted octanol–water partition coefficient (Wildman–Crippen LogP) is 2.86. The zero-order valence-electron chi connectivity index (χ0n) is 14.0. The maximum atomic E-state index is 12.5. The number of anilines is 2. The molecular weight excluding hydrogens is 356 g/mol. The lowest BCUT2D eigenvalue weighted by Crippen LogP contribution is -2.20. The van der Waals surface area contributed by atoms with Gasteiger partial charge < -0.3 is 4.90 Å². The first-order valence-electron chi connectivity index (χ1n) is 8.18. The van der Waals surface area contributed by atoms with Gasteiger partial charge in [0.1, 0.15) is 5.69 Å². The number of hydrogen-bond acceptors (Lipinski definition) is 7. The number of amides is 1. The third kappa shape index (κ3) is 2.88. The summed E-state index contributed by atoms with van der Waals surface area (Å²) in [5.41, 5.74) is 1.62. The molecule has 1 saturated heterocycles. The summed E-state index contributed by atoms with van der Waals surface area (Å²) in [6.07, 6.45) is 2.03. The Kier molecular flexibility index (Phi) is 4.03. The zero-order valence-corrected chi connectivity index (χ0v) is 14.8. The number of aryl methyl sites for hydroxylation is 1. The lowest BCUT2D eigenvalue weighted by atomic mass is 10.1. The summed E-state index contributed by atoms with van der Waals surface area (Å²) in [4.78, 5) is 30.4. The average molecular weight is 372 g/mol. The van der Waals surface area contributed by atoms with Gasteiger partial charge in [0.25, 0.3) is 17.5 Å². The van der Waals surface area contributed by atoms with Gasteiger partial charge in [-0.2, -0.15) is 4.98 Å². The van der Waals surface area contributed by atoms with E-state index >= 15 is 0 Å². The highest BCUT2D eigenvalue weighted by Crippen LogP contribution is 2.31. The van der Waals surface area contributed by atoms with Crippen LogP contribution in [0.15, 0.2) is 23.6 Å². The van der Waals surface area contributed by atoms with Crippen LogP contribution in [0.25, 0.3) is 4.96 Å². The Hall–Kier alpha value is -3.01. The van der Waals surface area contributed by atoms with Crippen molar-refractivity contribution in [1.82, 2.24) is 14.6 Å². The number of carbonyl (C=O) groups excluding carboxylic acids is 1. The maximum absolute atomic E-state index is 12.5. The minimum absolute atomic E-state index is 0.0609. The molecule has 2 aromatic heterocycles. The first-order chi connectivity index (χ1) is 12.5. The van der Waals surface area contributed by atoms with Crippen molar-refractivity contribution >= 4 is 39.5 Å². The number of benzene rings is 1. The Morgan fingerprint density at radius 3 is 2.81 bits per heavy atom. The van der Waals surface area contributed by atoms with Crippen molar-refractivity contribution in [2.75, 3.05) is 23.3 Å². The number of nitro benzene ring substituents is 1. The van der Waals surface area contributed by atoms with E-state index in [1.165, 1.54) is 17.4 Å². The average Bonchev–Trinajstić information content (AvgIpc) is 3.34. The fourth-order valence-electron chi connectivity index (χ4n) is 3.05. The lowest BCUT2D eigenvalue weighted by Gasteiger charge is -2.17. The smallest absolute Gasteiger partial charge is 0.293 e. The third-order valence-corrected chi connectivity index (χ3v) is 5.29. The van der Waals surface area contributed by atoms with E-state index in [2.05, 4.69) is 15.4 Å². The maximum Gasteiger partial charge on any atom is 0.293 e. The highest BCUT2D eigenvalue weighted by atomic mass is 32.1. The third-order valence-electron chi connectivity index (χ3n) is 4.35. The van der Waals surface area contributed by atoms with Crippen LogP contribution in [-0.4, -0.2) is 38.5 Å². The molecular formula is C16H16N6O3S. The first kappa shape index (κ1) is 16.5. The SMILES string of the molecule is Cc1csc2nc(NC(=O)c3ccc(N4CCCC4)c([N+](=O)[O-])c3)nn12. The van der Waals surface area contributed by atoms with Crippen molar-refractivity contribution in [1.29, 1.82) is 0 Å². The number of rotatable bonds is 4. The van der Waals surface area contributed by atoms with Crippen LogP contribution >= 0.6 is 11.3 Å². The van der Waals surface area contributed by atoms with E-state index < -0.39 is 10.8 Å². The van der Waals surface area contributed by atoms with E-state index in [4.69, 9.17) is 0 Å². The first-order valence-corrected chi connectivity index (χ1v) is 9.06. The molecule has 9 nitrogen and oxygen atoms in total. The van der Waals surface area contributed by atoms with Gasteiger partial charge in [0.05, 0.1) is 10.6 Å². The summed E-state index contributed by atoms with van der Waals surface area (Å²) in [7, 11) is 0. The van der Waals surface area contributed by atoms with E-state index in [9.17, 15) is 14.9 Å². The van der Waals surface area contributed by atoms with Crippen LogP contribution in [0.4, 0.5) is 17.3 Å². The predicted molar refractivity (Wildman–Crippen MR) is 98.1 cm³/mol. The van der Waals surface area contributed by atoms with Gasteiger partial charge in [-0.15, -0.1) is 16.4 Å². The summed E-state index contributed by atoms with van der Waals surface area (Å²) in [6.45, 7) is 3.48. The van der Waals surface area contributed by atoms with Crippen LogP contribution in [0, 0.1) is 17.0 Å². The molecule has 3 aromatic rings. The molecule has 26 heavy (non-hydrogen) atoms. The molecule has 4 rings (SSSR count). The second kappa shape index (κ2) is 6.37. The Morgan fingerprint density at radius 1 is 1.35 bits per heavy atom. The quantitative estimate of drug-likeness (QED) is 0.558. The van der Waals surface area contributed by atoms with Gasteiger partial charge in [-0.3, -0.25) is 20.2 Å². The normalized spacial score (nSPS) is 14.1. The van der Waals surface area contributed by atoms with Crippen LogP contribution in [0.1, 0.15) is 28.9 Å². The molecule has 0 atom stereocenters. The Labute approximate surface area is 152 Å². The summed E-state index contributed by atoms with van der Waals surface area (Å²) in [5.74, 6) is -0.298. The van der Waals surface area contributed by atoms with Crippen molar-refractivity contribution in [2.24, 2.45) is 0 Å². The van der Waals surface area contributed by atoms with Gasteiger partial charge in [-0.05, 0) is 31.9 Å². The molecule has 1 fully saturated rings. The molecule has 10 heteroatoms. The largest absolute Gasteiger partial charge is 0.366 e. The Balaban J connectivity index is 1.60. The zero-order chi connectivity index (χ0) is 18.3. The number of aromatic nitrogens is 3. The molecule has 0 aliphatic carbocycles.